The maximum absolute atomic E-state index is 13.2. The maximum atomic E-state index is 13.2. The monoisotopic (exact) mass is 411 g/mol. The minimum atomic E-state index is -0.771. The second kappa shape index (κ2) is 8.44. The van der Waals surface area contributed by atoms with Crippen molar-refractivity contribution in [3.8, 4) is 5.75 Å². The van der Waals surface area contributed by atoms with Crippen LogP contribution in [0.2, 0.25) is 0 Å². The highest BCUT2D eigenvalue weighted by Crippen LogP contribution is 2.43. The number of fused-ring (bicyclic) bond motifs is 1. The van der Waals surface area contributed by atoms with Crippen LogP contribution in [0.25, 0.3) is 0 Å². The van der Waals surface area contributed by atoms with Gasteiger partial charge in [0.15, 0.2) is 0 Å². The molecule has 1 atom stereocenters. The number of rotatable bonds is 6. The van der Waals surface area contributed by atoms with Gasteiger partial charge in [0, 0.05) is 25.4 Å². The molecule has 0 saturated heterocycles. The molecule has 1 aliphatic rings. The molecule has 0 amide bonds. The fourth-order valence-electron chi connectivity index (χ4n) is 3.69. The summed E-state index contributed by atoms with van der Waals surface area (Å²) in [5, 5.41) is 3.06. The van der Waals surface area contributed by atoms with Gasteiger partial charge in [-0.2, -0.15) is 0 Å². The highest BCUT2D eigenvalue weighted by atomic mass is 16.5. The predicted octanol–water partition coefficient (Wildman–Crippen LogP) is 2.04. The molecule has 0 aliphatic carbocycles. The number of ether oxygens (including phenoxy) is 2. The van der Waals surface area contributed by atoms with Gasteiger partial charge >= 0.3 is 11.7 Å². The smallest absolute Gasteiger partial charge is 0.337 e. The number of esters is 1. The molecule has 2 heterocycles. The van der Waals surface area contributed by atoms with E-state index >= 15 is 0 Å². The summed E-state index contributed by atoms with van der Waals surface area (Å²) >= 11 is 0. The zero-order valence-corrected chi connectivity index (χ0v) is 17.5. The predicted molar refractivity (Wildman–Crippen MR) is 114 cm³/mol. The molecule has 30 heavy (non-hydrogen) atoms. The fourth-order valence-corrected chi connectivity index (χ4v) is 3.69. The third-order valence-electron chi connectivity index (χ3n) is 5.07. The number of benzene rings is 1. The minimum Gasteiger partial charge on any atom is -0.494 e. The lowest BCUT2D eigenvalue weighted by Gasteiger charge is -2.31. The standard InChI is InChI=1S/C22H25N3O5/c1-6-12-30-21(27)16-13(3)23-19-18(20(26)25(5)22(28)24(19)4)17(16)14-10-8-9-11-15(14)29-7-2/h6,8-11,17,23H,1,7,12H2,2-5H3. The number of nitrogens with zero attached hydrogens (tertiary/aromatic N) is 2. The zero-order chi connectivity index (χ0) is 22.0. The van der Waals surface area contributed by atoms with Crippen molar-refractivity contribution in [3.63, 3.8) is 0 Å². The van der Waals surface area contributed by atoms with Crippen molar-refractivity contribution in [2.24, 2.45) is 14.1 Å². The van der Waals surface area contributed by atoms with Crippen LogP contribution in [0, 0.1) is 0 Å². The summed E-state index contributed by atoms with van der Waals surface area (Å²) in [7, 11) is 2.99. The lowest BCUT2D eigenvalue weighted by molar-refractivity contribution is -0.138. The van der Waals surface area contributed by atoms with E-state index in [9.17, 15) is 14.4 Å². The molecule has 158 valence electrons. The molecule has 1 N–H and O–H groups in total. The topological polar surface area (TPSA) is 91.6 Å². The SMILES string of the molecule is C=CCOC(=O)C1=C(C)Nc2c(c(=O)n(C)c(=O)n2C)C1c1ccccc1OCC. The molecule has 0 spiro atoms. The van der Waals surface area contributed by atoms with Gasteiger partial charge in [-0.3, -0.25) is 13.9 Å². The fraction of sp³-hybridized carbons (Fsp3) is 0.318. The van der Waals surface area contributed by atoms with Gasteiger partial charge in [-0.05, 0) is 19.9 Å². The Morgan fingerprint density at radius 3 is 2.60 bits per heavy atom. The van der Waals surface area contributed by atoms with Crippen LogP contribution in [0.5, 0.6) is 5.75 Å². The number of nitrogens with one attached hydrogen (secondary N) is 1. The summed E-state index contributed by atoms with van der Waals surface area (Å²) in [6.07, 6.45) is 1.48. The van der Waals surface area contributed by atoms with E-state index in [-0.39, 0.29) is 17.7 Å². The van der Waals surface area contributed by atoms with E-state index in [1.807, 2.05) is 25.1 Å². The third kappa shape index (κ3) is 3.45. The third-order valence-corrected chi connectivity index (χ3v) is 5.07. The normalized spacial score (nSPS) is 15.3. The quantitative estimate of drug-likeness (QED) is 0.578. The summed E-state index contributed by atoms with van der Waals surface area (Å²) in [5.41, 5.74) is 0.751. The molecule has 0 saturated carbocycles. The zero-order valence-electron chi connectivity index (χ0n) is 17.5. The number of hydrogen-bond donors (Lipinski definition) is 1. The number of carbonyl (C=O) groups excluding carboxylic acids is 1. The Kier molecular flexibility index (Phi) is 5.96. The van der Waals surface area contributed by atoms with E-state index in [0.29, 0.717) is 29.4 Å². The van der Waals surface area contributed by atoms with Gasteiger partial charge < -0.3 is 14.8 Å². The van der Waals surface area contributed by atoms with Crippen LogP contribution >= 0.6 is 0 Å². The van der Waals surface area contributed by atoms with Gasteiger partial charge in [-0.25, -0.2) is 9.59 Å². The molecular weight excluding hydrogens is 386 g/mol. The lowest BCUT2D eigenvalue weighted by atomic mass is 9.81. The molecule has 1 unspecified atom stereocenters. The van der Waals surface area contributed by atoms with Crippen LogP contribution in [-0.4, -0.2) is 28.3 Å². The number of carbonyl (C=O) groups is 1. The maximum Gasteiger partial charge on any atom is 0.337 e. The first-order valence-electron chi connectivity index (χ1n) is 9.60. The second-order valence-electron chi connectivity index (χ2n) is 6.92. The Morgan fingerprint density at radius 2 is 1.93 bits per heavy atom. The van der Waals surface area contributed by atoms with Crippen molar-refractivity contribution < 1.29 is 14.3 Å². The summed E-state index contributed by atoms with van der Waals surface area (Å²) < 4.78 is 13.5. The van der Waals surface area contributed by atoms with Crippen molar-refractivity contribution in [2.45, 2.75) is 19.8 Å². The van der Waals surface area contributed by atoms with Gasteiger partial charge in [0.2, 0.25) is 0 Å². The summed E-state index contributed by atoms with van der Waals surface area (Å²) in [4.78, 5) is 38.7. The van der Waals surface area contributed by atoms with E-state index in [1.54, 1.807) is 20.0 Å². The Balaban J connectivity index is 2.37. The lowest BCUT2D eigenvalue weighted by Crippen LogP contribution is -2.43. The van der Waals surface area contributed by atoms with Gasteiger partial charge in [-0.1, -0.05) is 30.9 Å². The highest BCUT2D eigenvalue weighted by molar-refractivity contribution is 5.94. The van der Waals surface area contributed by atoms with E-state index in [4.69, 9.17) is 9.47 Å². The number of anilines is 1. The highest BCUT2D eigenvalue weighted by Gasteiger charge is 2.38. The molecule has 0 radical (unpaired) electrons. The molecule has 0 fully saturated rings. The van der Waals surface area contributed by atoms with Crippen molar-refractivity contribution in [3.05, 3.63) is 80.2 Å². The number of aromatic nitrogens is 2. The average molecular weight is 411 g/mol. The second-order valence-corrected chi connectivity index (χ2v) is 6.92. The van der Waals surface area contributed by atoms with Gasteiger partial charge in [0.25, 0.3) is 5.56 Å². The van der Waals surface area contributed by atoms with Crippen molar-refractivity contribution >= 4 is 11.8 Å². The van der Waals surface area contributed by atoms with Crippen LogP contribution in [0.1, 0.15) is 30.9 Å². The van der Waals surface area contributed by atoms with E-state index in [0.717, 1.165) is 4.57 Å². The van der Waals surface area contributed by atoms with E-state index in [1.165, 1.54) is 17.7 Å². The van der Waals surface area contributed by atoms with Crippen LogP contribution < -0.4 is 21.3 Å². The Labute approximate surface area is 174 Å². The molecule has 1 aliphatic heterocycles. The average Bonchev–Trinajstić information content (AvgIpc) is 2.74. The van der Waals surface area contributed by atoms with Crippen LogP contribution in [-0.2, 0) is 23.6 Å². The molecule has 2 aromatic rings. The first-order chi connectivity index (χ1) is 14.3. The first kappa shape index (κ1) is 21.2. The Hall–Kier alpha value is -3.55. The minimum absolute atomic E-state index is 0.0353. The summed E-state index contributed by atoms with van der Waals surface area (Å²) in [6, 6.07) is 7.23. The van der Waals surface area contributed by atoms with E-state index in [2.05, 4.69) is 11.9 Å². The van der Waals surface area contributed by atoms with Gasteiger partial charge in [0.1, 0.15) is 18.2 Å². The molecule has 1 aromatic carbocycles. The summed E-state index contributed by atoms with van der Waals surface area (Å²) in [5.74, 6) is -0.447. The van der Waals surface area contributed by atoms with Crippen LogP contribution in [0.15, 0.2) is 57.8 Å². The van der Waals surface area contributed by atoms with E-state index < -0.39 is 23.1 Å². The Bertz CT molecular complexity index is 1160. The molecule has 0 bridgehead atoms. The molecule has 3 rings (SSSR count). The van der Waals surface area contributed by atoms with Gasteiger partial charge in [0.05, 0.1) is 23.7 Å². The van der Waals surface area contributed by atoms with Crippen molar-refractivity contribution in [1.29, 1.82) is 0 Å². The van der Waals surface area contributed by atoms with Crippen LogP contribution in [0.4, 0.5) is 5.82 Å². The molecule has 1 aromatic heterocycles. The van der Waals surface area contributed by atoms with Gasteiger partial charge in [-0.15, -0.1) is 0 Å². The largest absolute Gasteiger partial charge is 0.494 e. The number of para-hydroxylation sites is 1. The molecular formula is C22H25N3O5. The Morgan fingerprint density at radius 1 is 1.23 bits per heavy atom. The van der Waals surface area contributed by atoms with Crippen LogP contribution in [0.3, 0.4) is 0 Å². The number of allylic oxidation sites excluding steroid dienone is 1. The molecule has 8 nitrogen and oxygen atoms in total. The number of hydrogen-bond acceptors (Lipinski definition) is 6. The summed E-state index contributed by atoms with van der Waals surface area (Å²) in [6.45, 7) is 7.60. The molecule has 8 heteroatoms. The first-order valence-corrected chi connectivity index (χ1v) is 9.60. The van der Waals surface area contributed by atoms with Crippen molar-refractivity contribution in [1.82, 2.24) is 9.13 Å². The van der Waals surface area contributed by atoms with Crippen molar-refractivity contribution in [2.75, 3.05) is 18.5 Å².